The van der Waals surface area contributed by atoms with Gasteiger partial charge in [0.25, 0.3) is 0 Å². The van der Waals surface area contributed by atoms with Gasteiger partial charge in [0.1, 0.15) is 0 Å². The van der Waals surface area contributed by atoms with Gasteiger partial charge in [0.05, 0.1) is 10.5 Å². The third-order valence-electron chi connectivity index (χ3n) is 4.50. The molecule has 1 unspecified atom stereocenters. The van der Waals surface area contributed by atoms with Gasteiger partial charge in [-0.3, -0.25) is 9.80 Å². The molecule has 5 nitrogen and oxygen atoms in total. The van der Waals surface area contributed by atoms with Gasteiger partial charge in [-0.05, 0) is 40.2 Å². The second-order valence-electron chi connectivity index (χ2n) is 6.95. The number of rotatable bonds is 7. The van der Waals surface area contributed by atoms with Gasteiger partial charge in [0.2, 0.25) is 0 Å². The van der Waals surface area contributed by atoms with Gasteiger partial charge in [0, 0.05) is 38.8 Å². The molecule has 0 bridgehead atoms. The van der Waals surface area contributed by atoms with Crippen LogP contribution in [-0.2, 0) is 9.84 Å². The van der Waals surface area contributed by atoms with E-state index in [0.717, 1.165) is 45.6 Å². The van der Waals surface area contributed by atoms with Crippen molar-refractivity contribution in [3.8, 4) is 0 Å². The van der Waals surface area contributed by atoms with Gasteiger partial charge in [-0.25, -0.2) is 8.42 Å². The van der Waals surface area contributed by atoms with Crippen LogP contribution in [0.25, 0.3) is 0 Å². The molecule has 0 aromatic carbocycles. The molecule has 0 aliphatic carbocycles. The predicted molar refractivity (Wildman–Crippen MR) is 89.3 cm³/mol. The molecule has 0 aromatic rings. The fraction of sp³-hybridized carbons (Fsp3) is 1.00. The summed E-state index contributed by atoms with van der Waals surface area (Å²) in [5.41, 5.74) is 5.67. The highest BCUT2D eigenvalue weighted by Crippen LogP contribution is 2.17. The maximum absolute atomic E-state index is 12.1. The number of hydrogen-bond acceptors (Lipinski definition) is 5. The molecule has 1 fully saturated rings. The maximum Gasteiger partial charge on any atom is 0.156 e. The maximum atomic E-state index is 12.1. The van der Waals surface area contributed by atoms with Crippen molar-refractivity contribution in [1.29, 1.82) is 0 Å². The molecule has 21 heavy (non-hydrogen) atoms. The summed E-state index contributed by atoms with van der Waals surface area (Å²) in [6.45, 7) is 12.9. The highest BCUT2D eigenvalue weighted by atomic mass is 32.2. The Morgan fingerprint density at radius 1 is 1.14 bits per heavy atom. The first-order valence-corrected chi connectivity index (χ1v) is 9.75. The Morgan fingerprint density at radius 3 is 2.14 bits per heavy atom. The van der Waals surface area contributed by atoms with Gasteiger partial charge >= 0.3 is 0 Å². The lowest BCUT2D eigenvalue weighted by Crippen LogP contribution is -2.51. The van der Waals surface area contributed by atoms with Crippen molar-refractivity contribution in [2.24, 2.45) is 5.73 Å². The molecule has 0 amide bonds. The average molecular weight is 320 g/mol. The van der Waals surface area contributed by atoms with Crippen molar-refractivity contribution in [3.05, 3.63) is 0 Å². The van der Waals surface area contributed by atoms with Crippen LogP contribution in [0.1, 0.15) is 40.5 Å². The van der Waals surface area contributed by atoms with Gasteiger partial charge in [-0.15, -0.1) is 0 Å². The van der Waals surface area contributed by atoms with Crippen LogP contribution in [-0.4, -0.2) is 74.0 Å². The van der Waals surface area contributed by atoms with E-state index in [1.54, 1.807) is 20.8 Å². The molecule has 1 aliphatic rings. The molecular formula is C15H33N3O2S. The number of piperazine rings is 1. The number of sulfone groups is 1. The topological polar surface area (TPSA) is 66.6 Å². The molecule has 0 spiro atoms. The zero-order chi connectivity index (χ0) is 16.1. The Kier molecular flexibility index (Phi) is 7.10. The van der Waals surface area contributed by atoms with E-state index in [2.05, 4.69) is 16.7 Å². The first-order chi connectivity index (χ1) is 9.71. The molecule has 0 radical (unpaired) electrons. The van der Waals surface area contributed by atoms with E-state index in [0.29, 0.717) is 12.6 Å². The van der Waals surface area contributed by atoms with Crippen LogP contribution in [0.5, 0.6) is 0 Å². The largest absolute Gasteiger partial charge is 0.330 e. The molecule has 126 valence electrons. The molecule has 1 aliphatic heterocycles. The lowest BCUT2D eigenvalue weighted by atomic mass is 10.1. The normalized spacial score (nSPS) is 20.6. The van der Waals surface area contributed by atoms with Gasteiger partial charge in [-0.2, -0.15) is 0 Å². The highest BCUT2D eigenvalue weighted by molar-refractivity contribution is 7.92. The number of nitrogens with two attached hydrogens (primary N) is 1. The molecule has 6 heteroatoms. The second-order valence-corrected chi connectivity index (χ2v) is 9.81. The van der Waals surface area contributed by atoms with Crippen molar-refractivity contribution >= 4 is 9.84 Å². The quantitative estimate of drug-likeness (QED) is 0.756. The van der Waals surface area contributed by atoms with Crippen LogP contribution in [0.15, 0.2) is 0 Å². The van der Waals surface area contributed by atoms with Crippen LogP contribution in [0.3, 0.4) is 0 Å². The van der Waals surface area contributed by atoms with Crippen LogP contribution in [0.2, 0.25) is 0 Å². The molecule has 1 atom stereocenters. The minimum Gasteiger partial charge on any atom is -0.330 e. The number of hydrogen-bond donors (Lipinski definition) is 1. The van der Waals surface area contributed by atoms with Crippen molar-refractivity contribution in [3.63, 3.8) is 0 Å². The summed E-state index contributed by atoms with van der Waals surface area (Å²) in [7, 11) is -3.01. The molecule has 1 rings (SSSR count). The van der Waals surface area contributed by atoms with Crippen LogP contribution in [0.4, 0.5) is 0 Å². The zero-order valence-corrected chi connectivity index (χ0v) is 15.0. The van der Waals surface area contributed by atoms with Crippen molar-refractivity contribution in [2.45, 2.75) is 51.3 Å². The van der Waals surface area contributed by atoms with Crippen molar-refractivity contribution in [2.75, 3.05) is 45.0 Å². The summed E-state index contributed by atoms with van der Waals surface area (Å²) in [5.74, 6) is 0.260. The summed E-state index contributed by atoms with van der Waals surface area (Å²) in [6, 6.07) is 0.579. The highest BCUT2D eigenvalue weighted by Gasteiger charge is 2.30. The lowest BCUT2D eigenvalue weighted by Gasteiger charge is -2.39. The van der Waals surface area contributed by atoms with E-state index in [9.17, 15) is 8.42 Å². The predicted octanol–water partition coefficient (Wildman–Crippen LogP) is 0.945. The van der Waals surface area contributed by atoms with Crippen LogP contribution in [0, 0.1) is 0 Å². The van der Waals surface area contributed by atoms with E-state index in [1.807, 2.05) is 0 Å². The minimum absolute atomic E-state index is 0.260. The van der Waals surface area contributed by atoms with E-state index in [1.165, 1.54) is 0 Å². The first kappa shape index (κ1) is 18.9. The van der Waals surface area contributed by atoms with Crippen LogP contribution >= 0.6 is 0 Å². The third kappa shape index (κ3) is 5.51. The molecular weight excluding hydrogens is 286 g/mol. The molecule has 2 N–H and O–H groups in total. The molecule has 0 aromatic heterocycles. The fourth-order valence-corrected chi connectivity index (χ4v) is 3.86. The average Bonchev–Trinajstić information content (AvgIpc) is 2.42. The molecule has 0 saturated carbocycles. The summed E-state index contributed by atoms with van der Waals surface area (Å²) < 4.78 is 23.6. The van der Waals surface area contributed by atoms with Gasteiger partial charge in [0.15, 0.2) is 9.84 Å². The zero-order valence-electron chi connectivity index (χ0n) is 14.1. The Bertz CT molecular complexity index is 396. The summed E-state index contributed by atoms with van der Waals surface area (Å²) in [5, 5.41) is 0. The Labute approximate surface area is 130 Å². The van der Waals surface area contributed by atoms with Crippen molar-refractivity contribution < 1.29 is 8.42 Å². The van der Waals surface area contributed by atoms with Gasteiger partial charge < -0.3 is 5.73 Å². The van der Waals surface area contributed by atoms with Crippen LogP contribution < -0.4 is 5.73 Å². The Morgan fingerprint density at radius 2 is 1.71 bits per heavy atom. The first-order valence-electron chi connectivity index (χ1n) is 8.10. The SMILES string of the molecule is CCC(CCN)N1CCN(CCS(=O)(=O)C(C)(C)C)CC1. The Hall–Kier alpha value is -0.170. The van der Waals surface area contributed by atoms with E-state index in [4.69, 9.17) is 5.73 Å². The smallest absolute Gasteiger partial charge is 0.156 e. The number of nitrogens with zero attached hydrogens (tertiary/aromatic N) is 2. The fourth-order valence-electron chi connectivity index (χ4n) is 2.74. The monoisotopic (exact) mass is 319 g/mol. The molecule has 1 heterocycles. The van der Waals surface area contributed by atoms with E-state index in [-0.39, 0.29) is 5.75 Å². The third-order valence-corrected chi connectivity index (χ3v) is 7.09. The summed E-state index contributed by atoms with van der Waals surface area (Å²) in [6.07, 6.45) is 2.19. The standard InChI is InChI=1S/C15H33N3O2S/c1-5-14(6-7-16)18-10-8-17(9-11-18)12-13-21(19,20)15(2,3)4/h14H,5-13,16H2,1-4H3. The van der Waals surface area contributed by atoms with E-state index < -0.39 is 14.6 Å². The summed E-state index contributed by atoms with van der Waals surface area (Å²) >= 11 is 0. The Balaban J connectivity index is 2.41. The van der Waals surface area contributed by atoms with E-state index >= 15 is 0 Å². The van der Waals surface area contributed by atoms with Crippen molar-refractivity contribution in [1.82, 2.24) is 9.80 Å². The second kappa shape index (κ2) is 7.90. The lowest BCUT2D eigenvalue weighted by molar-refractivity contribution is 0.0946. The molecule has 1 saturated heterocycles. The van der Waals surface area contributed by atoms with Gasteiger partial charge in [-0.1, -0.05) is 6.92 Å². The minimum atomic E-state index is -3.01. The summed E-state index contributed by atoms with van der Waals surface area (Å²) in [4.78, 5) is 4.77.